The summed E-state index contributed by atoms with van der Waals surface area (Å²) in [6.45, 7) is 9.72. The normalized spacial score (nSPS) is 11.2. The van der Waals surface area contributed by atoms with Crippen molar-refractivity contribution in [1.82, 2.24) is 19.9 Å². The molecule has 1 aromatic heterocycles. The highest BCUT2D eigenvalue weighted by Crippen LogP contribution is 2.11. The first-order valence-corrected chi connectivity index (χ1v) is 6.75. The summed E-state index contributed by atoms with van der Waals surface area (Å²) in [6, 6.07) is 0.749. The summed E-state index contributed by atoms with van der Waals surface area (Å²) < 4.78 is 5.45. The number of hydrogen-bond donors (Lipinski definition) is 3. The van der Waals surface area contributed by atoms with Crippen LogP contribution in [0.5, 0.6) is 6.01 Å². The van der Waals surface area contributed by atoms with Gasteiger partial charge in [-0.25, -0.2) is 5.84 Å². The zero-order valence-corrected chi connectivity index (χ0v) is 12.8. The van der Waals surface area contributed by atoms with E-state index in [1.807, 2.05) is 13.8 Å². The lowest BCUT2D eigenvalue weighted by Gasteiger charge is -2.20. The lowest BCUT2D eigenvalue weighted by atomic mass is 10.3. The standard InChI is InChI=1S/C12H25N7O/c1-8(2)19(5)7-6-14-10-15-11(18-13)17-12(16-10)20-9(3)4/h8-9H,6-7,13H2,1-5H3,(H2,14,15,16,17,18). The van der Waals surface area contributed by atoms with Gasteiger partial charge in [0.2, 0.25) is 11.9 Å². The Morgan fingerprint density at radius 3 is 2.35 bits per heavy atom. The molecule has 114 valence electrons. The van der Waals surface area contributed by atoms with Crippen molar-refractivity contribution in [1.29, 1.82) is 0 Å². The van der Waals surface area contributed by atoms with Crippen molar-refractivity contribution in [3.8, 4) is 6.01 Å². The number of likely N-dealkylation sites (N-methyl/N-ethyl adjacent to an activating group) is 1. The molecular weight excluding hydrogens is 258 g/mol. The predicted molar refractivity (Wildman–Crippen MR) is 79.7 cm³/mol. The second kappa shape index (κ2) is 7.81. The van der Waals surface area contributed by atoms with Gasteiger partial charge in [0.15, 0.2) is 0 Å². The number of hydrazine groups is 1. The summed E-state index contributed by atoms with van der Waals surface area (Å²) >= 11 is 0. The summed E-state index contributed by atoms with van der Waals surface area (Å²) in [5, 5.41) is 3.14. The molecule has 0 bridgehead atoms. The monoisotopic (exact) mass is 283 g/mol. The first-order chi connectivity index (χ1) is 9.42. The molecule has 0 aromatic carbocycles. The molecule has 0 spiro atoms. The number of aromatic nitrogens is 3. The van der Waals surface area contributed by atoms with Gasteiger partial charge in [-0.05, 0) is 34.7 Å². The first-order valence-electron chi connectivity index (χ1n) is 6.75. The molecule has 0 unspecified atom stereocenters. The van der Waals surface area contributed by atoms with Crippen LogP contribution in [0.2, 0.25) is 0 Å². The summed E-state index contributed by atoms with van der Waals surface area (Å²) in [5.41, 5.74) is 2.41. The summed E-state index contributed by atoms with van der Waals surface area (Å²) in [7, 11) is 2.07. The molecule has 0 aliphatic carbocycles. The Morgan fingerprint density at radius 1 is 1.15 bits per heavy atom. The molecule has 8 heteroatoms. The fraction of sp³-hybridized carbons (Fsp3) is 0.750. The summed E-state index contributed by atoms with van der Waals surface area (Å²) in [5.74, 6) is 6.06. The maximum atomic E-state index is 5.45. The number of nitrogen functional groups attached to an aromatic ring is 1. The number of nitrogens with two attached hydrogens (primary N) is 1. The lowest BCUT2D eigenvalue weighted by Crippen LogP contribution is -2.31. The minimum absolute atomic E-state index is 0.0112. The molecule has 8 nitrogen and oxygen atoms in total. The molecule has 0 saturated heterocycles. The van der Waals surface area contributed by atoms with Crippen molar-refractivity contribution in [2.75, 3.05) is 30.9 Å². The second-order valence-corrected chi connectivity index (χ2v) is 5.08. The molecular formula is C12H25N7O. The van der Waals surface area contributed by atoms with Crippen molar-refractivity contribution >= 4 is 11.9 Å². The SMILES string of the molecule is CC(C)Oc1nc(NN)nc(NCCN(C)C(C)C)n1. The molecule has 4 N–H and O–H groups in total. The number of rotatable bonds is 8. The van der Waals surface area contributed by atoms with Gasteiger partial charge in [0.25, 0.3) is 0 Å². The molecule has 0 saturated carbocycles. The van der Waals surface area contributed by atoms with Crippen LogP contribution in [-0.4, -0.2) is 52.1 Å². The maximum absolute atomic E-state index is 5.45. The van der Waals surface area contributed by atoms with E-state index in [1.165, 1.54) is 0 Å². The van der Waals surface area contributed by atoms with Crippen LogP contribution in [0.3, 0.4) is 0 Å². The Morgan fingerprint density at radius 2 is 1.80 bits per heavy atom. The minimum Gasteiger partial charge on any atom is -0.461 e. The number of nitrogens with one attached hydrogen (secondary N) is 2. The van der Waals surface area contributed by atoms with Gasteiger partial charge in [-0.1, -0.05) is 0 Å². The Labute approximate surface area is 120 Å². The highest BCUT2D eigenvalue weighted by molar-refractivity contribution is 5.34. The van der Waals surface area contributed by atoms with E-state index in [2.05, 4.69) is 51.5 Å². The van der Waals surface area contributed by atoms with E-state index in [9.17, 15) is 0 Å². The van der Waals surface area contributed by atoms with Crippen molar-refractivity contribution in [3.63, 3.8) is 0 Å². The van der Waals surface area contributed by atoms with Crippen LogP contribution >= 0.6 is 0 Å². The van der Waals surface area contributed by atoms with E-state index < -0.39 is 0 Å². The van der Waals surface area contributed by atoms with Crippen molar-refractivity contribution in [2.24, 2.45) is 5.84 Å². The fourth-order valence-electron chi connectivity index (χ4n) is 1.37. The third-order valence-corrected chi connectivity index (χ3v) is 2.71. The molecule has 20 heavy (non-hydrogen) atoms. The van der Waals surface area contributed by atoms with Crippen LogP contribution < -0.4 is 21.3 Å². The fourth-order valence-corrected chi connectivity index (χ4v) is 1.37. The van der Waals surface area contributed by atoms with Gasteiger partial charge >= 0.3 is 6.01 Å². The molecule has 1 heterocycles. The lowest BCUT2D eigenvalue weighted by molar-refractivity contribution is 0.222. The number of nitrogens with zero attached hydrogens (tertiary/aromatic N) is 4. The second-order valence-electron chi connectivity index (χ2n) is 5.08. The van der Waals surface area contributed by atoms with Crippen molar-refractivity contribution in [2.45, 2.75) is 39.8 Å². The predicted octanol–water partition coefficient (Wildman–Crippen LogP) is 0.697. The van der Waals surface area contributed by atoms with E-state index in [0.29, 0.717) is 12.0 Å². The molecule has 0 aliphatic rings. The quantitative estimate of drug-likeness (QED) is 0.473. The van der Waals surface area contributed by atoms with E-state index in [1.54, 1.807) is 0 Å². The van der Waals surface area contributed by atoms with E-state index in [0.717, 1.165) is 13.1 Å². The zero-order chi connectivity index (χ0) is 15.1. The molecule has 1 rings (SSSR count). The highest BCUT2D eigenvalue weighted by atomic mass is 16.5. The molecule has 0 amide bonds. The highest BCUT2D eigenvalue weighted by Gasteiger charge is 2.09. The van der Waals surface area contributed by atoms with Gasteiger partial charge in [-0.3, -0.25) is 5.43 Å². The van der Waals surface area contributed by atoms with Gasteiger partial charge in [-0.15, -0.1) is 0 Å². The summed E-state index contributed by atoms with van der Waals surface area (Å²) in [6.07, 6.45) is -0.0112. The minimum atomic E-state index is -0.0112. The smallest absolute Gasteiger partial charge is 0.323 e. The molecule has 0 fully saturated rings. The molecule has 0 atom stereocenters. The van der Waals surface area contributed by atoms with Crippen LogP contribution in [0.25, 0.3) is 0 Å². The number of hydrogen-bond acceptors (Lipinski definition) is 8. The Bertz CT molecular complexity index is 411. The van der Waals surface area contributed by atoms with Crippen LogP contribution in [-0.2, 0) is 0 Å². The zero-order valence-electron chi connectivity index (χ0n) is 12.8. The van der Waals surface area contributed by atoms with Gasteiger partial charge in [0.05, 0.1) is 6.10 Å². The van der Waals surface area contributed by atoms with Crippen molar-refractivity contribution in [3.05, 3.63) is 0 Å². The van der Waals surface area contributed by atoms with E-state index in [-0.39, 0.29) is 18.1 Å². The topological polar surface area (TPSA) is 101 Å². The van der Waals surface area contributed by atoms with Crippen molar-refractivity contribution < 1.29 is 4.74 Å². The third kappa shape index (κ3) is 5.54. The largest absolute Gasteiger partial charge is 0.461 e. The van der Waals surface area contributed by atoms with Crippen LogP contribution in [0.1, 0.15) is 27.7 Å². The van der Waals surface area contributed by atoms with Crippen LogP contribution in [0, 0.1) is 0 Å². The number of anilines is 2. The van der Waals surface area contributed by atoms with Gasteiger partial charge < -0.3 is 15.0 Å². The third-order valence-electron chi connectivity index (χ3n) is 2.71. The van der Waals surface area contributed by atoms with Crippen LogP contribution in [0.15, 0.2) is 0 Å². The van der Waals surface area contributed by atoms with Crippen LogP contribution in [0.4, 0.5) is 11.9 Å². The Hall–Kier alpha value is -1.67. The number of ether oxygens (including phenoxy) is 1. The molecule has 0 radical (unpaired) electrons. The van der Waals surface area contributed by atoms with Gasteiger partial charge in [-0.2, -0.15) is 15.0 Å². The molecule has 1 aromatic rings. The van der Waals surface area contributed by atoms with E-state index >= 15 is 0 Å². The average molecular weight is 283 g/mol. The Balaban J connectivity index is 2.64. The van der Waals surface area contributed by atoms with Gasteiger partial charge in [0.1, 0.15) is 0 Å². The van der Waals surface area contributed by atoms with E-state index in [4.69, 9.17) is 10.6 Å². The average Bonchev–Trinajstić information content (AvgIpc) is 2.37. The Kier molecular flexibility index (Phi) is 6.40. The summed E-state index contributed by atoms with van der Waals surface area (Å²) in [4.78, 5) is 14.6. The first kappa shape index (κ1) is 16.4. The molecule has 0 aliphatic heterocycles. The van der Waals surface area contributed by atoms with Gasteiger partial charge in [0, 0.05) is 19.1 Å². The maximum Gasteiger partial charge on any atom is 0.323 e.